The molecular formula is C20H27N5O2. The predicted molar refractivity (Wildman–Crippen MR) is 106 cm³/mol. The number of rotatable bonds is 6. The molecule has 1 aliphatic heterocycles. The molecule has 0 bridgehead atoms. The van der Waals surface area contributed by atoms with Gasteiger partial charge in [0.05, 0.1) is 13.2 Å². The van der Waals surface area contributed by atoms with E-state index in [-0.39, 0.29) is 5.91 Å². The second-order valence-electron chi connectivity index (χ2n) is 6.84. The predicted octanol–water partition coefficient (Wildman–Crippen LogP) is 2.40. The average molecular weight is 369 g/mol. The Morgan fingerprint density at radius 3 is 2.70 bits per heavy atom. The van der Waals surface area contributed by atoms with Crippen molar-refractivity contribution in [3.63, 3.8) is 0 Å². The van der Waals surface area contributed by atoms with Gasteiger partial charge in [-0.15, -0.1) is 0 Å². The lowest BCUT2D eigenvalue weighted by atomic mass is 10.1. The van der Waals surface area contributed by atoms with Crippen molar-refractivity contribution in [2.24, 2.45) is 0 Å². The van der Waals surface area contributed by atoms with Crippen LogP contribution in [0.15, 0.2) is 24.3 Å². The number of aryl methyl sites for hydroxylation is 3. The van der Waals surface area contributed by atoms with Crippen LogP contribution < -0.4 is 10.6 Å². The van der Waals surface area contributed by atoms with E-state index in [9.17, 15) is 4.79 Å². The quantitative estimate of drug-likeness (QED) is 0.814. The van der Waals surface area contributed by atoms with Crippen molar-refractivity contribution >= 4 is 17.4 Å². The van der Waals surface area contributed by atoms with Crippen LogP contribution in [0.5, 0.6) is 0 Å². The highest BCUT2D eigenvalue weighted by molar-refractivity contribution is 6.03. The number of benzene rings is 1. The summed E-state index contributed by atoms with van der Waals surface area (Å²) in [5.41, 5.74) is 3.28. The minimum Gasteiger partial charge on any atom is -0.379 e. The molecule has 1 aromatic carbocycles. The molecule has 2 heterocycles. The third-order valence-electron chi connectivity index (χ3n) is 4.55. The number of aromatic nitrogens is 2. The van der Waals surface area contributed by atoms with Crippen molar-refractivity contribution in [2.75, 3.05) is 50.0 Å². The molecule has 7 nitrogen and oxygen atoms in total. The molecule has 27 heavy (non-hydrogen) atoms. The van der Waals surface area contributed by atoms with Crippen molar-refractivity contribution in [2.45, 2.75) is 20.8 Å². The van der Waals surface area contributed by atoms with E-state index < -0.39 is 0 Å². The number of carbonyl (C=O) groups is 1. The van der Waals surface area contributed by atoms with E-state index in [4.69, 9.17) is 4.74 Å². The molecule has 1 saturated heterocycles. The topological polar surface area (TPSA) is 79.4 Å². The van der Waals surface area contributed by atoms with E-state index in [0.29, 0.717) is 17.3 Å². The van der Waals surface area contributed by atoms with Gasteiger partial charge in [0.25, 0.3) is 5.91 Å². The minimum absolute atomic E-state index is 0.231. The van der Waals surface area contributed by atoms with Crippen LogP contribution in [0.4, 0.5) is 11.5 Å². The fourth-order valence-corrected chi connectivity index (χ4v) is 3.00. The van der Waals surface area contributed by atoms with Gasteiger partial charge in [0.1, 0.15) is 17.3 Å². The molecule has 0 aliphatic carbocycles. The van der Waals surface area contributed by atoms with Crippen LogP contribution in [-0.4, -0.2) is 60.2 Å². The first-order valence-corrected chi connectivity index (χ1v) is 9.29. The SMILES string of the molecule is Cc1ccc(C)c(NC(=O)c2cc(NCCN3CCOCC3)nc(C)n2)c1. The Morgan fingerprint density at radius 1 is 1.15 bits per heavy atom. The molecule has 1 fully saturated rings. The van der Waals surface area contributed by atoms with E-state index >= 15 is 0 Å². The highest BCUT2D eigenvalue weighted by Crippen LogP contribution is 2.17. The van der Waals surface area contributed by atoms with Gasteiger partial charge in [-0.2, -0.15) is 0 Å². The second kappa shape index (κ2) is 8.92. The van der Waals surface area contributed by atoms with Gasteiger partial charge in [0.15, 0.2) is 0 Å². The van der Waals surface area contributed by atoms with E-state index in [1.165, 1.54) is 0 Å². The Hall–Kier alpha value is -2.51. The first-order valence-electron chi connectivity index (χ1n) is 9.29. The van der Waals surface area contributed by atoms with Gasteiger partial charge in [-0.25, -0.2) is 9.97 Å². The molecule has 3 rings (SSSR count). The summed E-state index contributed by atoms with van der Waals surface area (Å²) >= 11 is 0. The molecule has 1 aliphatic rings. The lowest BCUT2D eigenvalue weighted by Crippen LogP contribution is -2.39. The molecule has 0 unspecified atom stereocenters. The first-order chi connectivity index (χ1) is 13.0. The number of amides is 1. The summed E-state index contributed by atoms with van der Waals surface area (Å²) in [6.45, 7) is 10.9. The number of anilines is 2. The Morgan fingerprint density at radius 2 is 1.93 bits per heavy atom. The van der Waals surface area contributed by atoms with Crippen LogP contribution in [0.25, 0.3) is 0 Å². The molecule has 0 radical (unpaired) electrons. The number of hydrogen-bond donors (Lipinski definition) is 2. The largest absolute Gasteiger partial charge is 0.379 e. The van der Waals surface area contributed by atoms with Gasteiger partial charge in [-0.3, -0.25) is 9.69 Å². The van der Waals surface area contributed by atoms with E-state index in [0.717, 1.165) is 56.2 Å². The summed E-state index contributed by atoms with van der Waals surface area (Å²) in [6.07, 6.45) is 0. The molecule has 2 N–H and O–H groups in total. The standard InChI is InChI=1S/C20H27N5O2/c1-14-4-5-15(2)17(12-14)24-20(26)18-13-19(23-16(3)22-18)21-6-7-25-8-10-27-11-9-25/h4-5,12-13H,6-11H2,1-3H3,(H,24,26)(H,21,22,23). The van der Waals surface area contributed by atoms with E-state index in [1.54, 1.807) is 13.0 Å². The number of morpholine rings is 1. The second-order valence-corrected chi connectivity index (χ2v) is 6.84. The first kappa shape index (κ1) is 19.3. The van der Waals surface area contributed by atoms with Crippen LogP contribution >= 0.6 is 0 Å². The number of carbonyl (C=O) groups excluding carboxylic acids is 1. The highest BCUT2D eigenvalue weighted by atomic mass is 16.5. The Bertz CT molecular complexity index is 803. The highest BCUT2D eigenvalue weighted by Gasteiger charge is 2.13. The van der Waals surface area contributed by atoms with Crippen molar-refractivity contribution in [3.8, 4) is 0 Å². The van der Waals surface area contributed by atoms with Gasteiger partial charge in [0, 0.05) is 37.9 Å². The van der Waals surface area contributed by atoms with Crippen molar-refractivity contribution < 1.29 is 9.53 Å². The Balaban J connectivity index is 1.63. The molecule has 0 spiro atoms. The maximum Gasteiger partial charge on any atom is 0.274 e. The van der Waals surface area contributed by atoms with Gasteiger partial charge >= 0.3 is 0 Å². The van der Waals surface area contributed by atoms with Crippen LogP contribution in [0, 0.1) is 20.8 Å². The summed E-state index contributed by atoms with van der Waals surface area (Å²) in [5, 5.41) is 6.25. The summed E-state index contributed by atoms with van der Waals surface area (Å²) in [7, 11) is 0. The fourth-order valence-electron chi connectivity index (χ4n) is 3.00. The molecule has 1 aromatic heterocycles. The summed E-state index contributed by atoms with van der Waals surface area (Å²) in [6, 6.07) is 7.68. The van der Waals surface area contributed by atoms with Crippen molar-refractivity contribution in [3.05, 3.63) is 46.9 Å². The summed E-state index contributed by atoms with van der Waals surface area (Å²) < 4.78 is 5.36. The zero-order chi connectivity index (χ0) is 19.2. The molecular weight excluding hydrogens is 342 g/mol. The van der Waals surface area contributed by atoms with Gasteiger partial charge in [-0.1, -0.05) is 12.1 Å². The number of hydrogen-bond acceptors (Lipinski definition) is 6. The normalized spacial score (nSPS) is 14.8. The van der Waals surface area contributed by atoms with E-state index in [1.807, 2.05) is 32.0 Å². The number of nitrogens with one attached hydrogen (secondary N) is 2. The molecule has 7 heteroatoms. The smallest absolute Gasteiger partial charge is 0.274 e. The van der Waals surface area contributed by atoms with Crippen LogP contribution in [-0.2, 0) is 4.74 Å². The van der Waals surface area contributed by atoms with Crippen LogP contribution in [0.2, 0.25) is 0 Å². The van der Waals surface area contributed by atoms with Gasteiger partial charge < -0.3 is 15.4 Å². The minimum atomic E-state index is -0.231. The van der Waals surface area contributed by atoms with Crippen molar-refractivity contribution in [1.29, 1.82) is 0 Å². The number of nitrogens with zero attached hydrogens (tertiary/aromatic N) is 3. The maximum atomic E-state index is 12.7. The summed E-state index contributed by atoms with van der Waals surface area (Å²) in [5.74, 6) is 1.00. The zero-order valence-electron chi connectivity index (χ0n) is 16.2. The molecule has 1 amide bonds. The fraction of sp³-hybridized carbons (Fsp3) is 0.450. The lowest BCUT2D eigenvalue weighted by molar-refractivity contribution is 0.0398. The average Bonchev–Trinajstić information content (AvgIpc) is 2.65. The van der Waals surface area contributed by atoms with Gasteiger partial charge in [0.2, 0.25) is 0 Å². The summed E-state index contributed by atoms with van der Waals surface area (Å²) in [4.78, 5) is 23.7. The Labute approximate surface area is 160 Å². The van der Waals surface area contributed by atoms with Crippen LogP contribution in [0.3, 0.4) is 0 Å². The monoisotopic (exact) mass is 369 g/mol. The van der Waals surface area contributed by atoms with Crippen molar-refractivity contribution in [1.82, 2.24) is 14.9 Å². The van der Waals surface area contributed by atoms with Crippen LogP contribution in [0.1, 0.15) is 27.4 Å². The lowest BCUT2D eigenvalue weighted by Gasteiger charge is -2.26. The maximum absolute atomic E-state index is 12.7. The third-order valence-corrected chi connectivity index (χ3v) is 4.55. The number of ether oxygens (including phenoxy) is 1. The van der Waals surface area contributed by atoms with Gasteiger partial charge in [-0.05, 0) is 38.0 Å². The zero-order valence-corrected chi connectivity index (χ0v) is 16.2. The molecule has 144 valence electrons. The van der Waals surface area contributed by atoms with E-state index in [2.05, 4.69) is 25.5 Å². The molecule has 0 saturated carbocycles. The Kier molecular flexibility index (Phi) is 6.36. The third kappa shape index (κ3) is 5.48. The molecule has 2 aromatic rings. The molecule has 0 atom stereocenters.